The van der Waals surface area contributed by atoms with E-state index in [-0.39, 0.29) is 5.91 Å². The molecule has 0 spiro atoms. The Balaban J connectivity index is 2.24. The van der Waals surface area contributed by atoms with Crippen LogP contribution in [0.25, 0.3) is 0 Å². The van der Waals surface area contributed by atoms with Crippen LogP contribution in [0, 0.1) is 0 Å². The van der Waals surface area contributed by atoms with Crippen LogP contribution in [0.1, 0.15) is 16.1 Å². The van der Waals surface area contributed by atoms with Crippen LogP contribution in [0.3, 0.4) is 0 Å². The Morgan fingerprint density at radius 1 is 1.45 bits per heavy atom. The number of halogens is 1. The molecular formula is C13H16ClN5O. The van der Waals surface area contributed by atoms with E-state index in [4.69, 9.17) is 11.6 Å². The number of benzene rings is 1. The summed E-state index contributed by atoms with van der Waals surface area (Å²) in [6.45, 7) is 0.511. The molecule has 1 amide bonds. The van der Waals surface area contributed by atoms with Crippen LogP contribution in [-0.2, 0) is 13.6 Å². The summed E-state index contributed by atoms with van der Waals surface area (Å²) < 4.78 is 1.67. The van der Waals surface area contributed by atoms with Crippen molar-refractivity contribution in [3.05, 3.63) is 40.7 Å². The van der Waals surface area contributed by atoms with E-state index in [1.54, 1.807) is 43.2 Å². The second kappa shape index (κ2) is 5.92. The quantitative estimate of drug-likeness (QED) is 0.933. The molecule has 0 bridgehead atoms. The Labute approximate surface area is 122 Å². The summed E-state index contributed by atoms with van der Waals surface area (Å²) in [5, 5.41) is 11.4. The maximum atomic E-state index is 12.1. The van der Waals surface area contributed by atoms with Crippen LogP contribution in [-0.4, -0.2) is 39.9 Å². The van der Waals surface area contributed by atoms with E-state index in [1.807, 2.05) is 7.05 Å². The van der Waals surface area contributed by atoms with E-state index in [1.165, 1.54) is 4.90 Å². The zero-order chi connectivity index (χ0) is 14.7. The molecule has 106 valence electrons. The Kier molecular flexibility index (Phi) is 4.24. The first-order chi connectivity index (χ1) is 9.49. The average molecular weight is 294 g/mol. The van der Waals surface area contributed by atoms with E-state index < -0.39 is 0 Å². The molecule has 20 heavy (non-hydrogen) atoms. The van der Waals surface area contributed by atoms with Crippen molar-refractivity contribution >= 4 is 23.2 Å². The summed E-state index contributed by atoms with van der Waals surface area (Å²) in [4.78, 5) is 13.6. The lowest BCUT2D eigenvalue weighted by Crippen LogP contribution is -2.23. The first-order valence-electron chi connectivity index (χ1n) is 6.07. The predicted octanol–water partition coefficient (Wildman–Crippen LogP) is 1.78. The summed E-state index contributed by atoms with van der Waals surface area (Å²) in [6.07, 6.45) is 1.67. The van der Waals surface area contributed by atoms with Gasteiger partial charge in [-0.2, -0.15) is 0 Å². The molecule has 1 aromatic carbocycles. The van der Waals surface area contributed by atoms with Crippen molar-refractivity contribution in [1.82, 2.24) is 19.9 Å². The molecule has 2 rings (SSSR count). The summed E-state index contributed by atoms with van der Waals surface area (Å²) >= 11 is 6.00. The molecule has 1 aromatic heterocycles. The number of anilines is 1. The zero-order valence-electron chi connectivity index (χ0n) is 11.6. The first kappa shape index (κ1) is 14.3. The number of aryl methyl sites for hydroxylation is 1. The highest BCUT2D eigenvalue weighted by Gasteiger charge is 2.14. The van der Waals surface area contributed by atoms with Crippen LogP contribution in [0.5, 0.6) is 0 Å². The number of nitrogens with one attached hydrogen (secondary N) is 1. The molecule has 0 unspecified atom stereocenters. The lowest BCUT2D eigenvalue weighted by Gasteiger charge is -2.15. The number of rotatable bonds is 4. The monoisotopic (exact) mass is 293 g/mol. The number of hydrogen-bond donors (Lipinski definition) is 1. The first-order valence-corrected chi connectivity index (χ1v) is 6.45. The molecule has 0 fully saturated rings. The lowest BCUT2D eigenvalue weighted by molar-refractivity contribution is 0.0828. The van der Waals surface area contributed by atoms with Crippen molar-refractivity contribution in [2.75, 3.05) is 19.4 Å². The summed E-state index contributed by atoms with van der Waals surface area (Å²) in [7, 11) is 5.24. The minimum Gasteiger partial charge on any atom is -0.379 e. The maximum absolute atomic E-state index is 12.1. The van der Waals surface area contributed by atoms with E-state index in [0.717, 1.165) is 5.69 Å². The molecular weight excluding hydrogens is 278 g/mol. The van der Waals surface area contributed by atoms with Gasteiger partial charge in [0.2, 0.25) is 0 Å². The molecule has 0 atom stereocenters. The minimum absolute atomic E-state index is 0.0766. The molecule has 1 heterocycles. The molecule has 2 aromatic rings. The van der Waals surface area contributed by atoms with Crippen LogP contribution in [0.15, 0.2) is 24.4 Å². The summed E-state index contributed by atoms with van der Waals surface area (Å²) in [5.41, 5.74) is 2.18. The van der Waals surface area contributed by atoms with Gasteiger partial charge in [-0.15, -0.1) is 5.10 Å². The average Bonchev–Trinajstić information content (AvgIpc) is 2.81. The van der Waals surface area contributed by atoms with Gasteiger partial charge in [0.15, 0.2) is 0 Å². The molecule has 0 saturated heterocycles. The van der Waals surface area contributed by atoms with Crippen molar-refractivity contribution in [3.8, 4) is 0 Å². The van der Waals surface area contributed by atoms with Crippen LogP contribution in [0.2, 0.25) is 5.02 Å². The number of carbonyl (C=O) groups excluding carboxylic acids is 1. The molecule has 0 radical (unpaired) electrons. The van der Waals surface area contributed by atoms with Gasteiger partial charge < -0.3 is 10.2 Å². The largest absolute Gasteiger partial charge is 0.379 e. The van der Waals surface area contributed by atoms with Gasteiger partial charge in [-0.25, -0.2) is 0 Å². The zero-order valence-corrected chi connectivity index (χ0v) is 12.3. The molecule has 0 aliphatic rings. The topological polar surface area (TPSA) is 63.1 Å². The second-order valence-electron chi connectivity index (χ2n) is 4.59. The number of carbonyl (C=O) groups is 1. The SMILES string of the molecule is CN(C)C(=O)c1ccc(Cl)cc1NCc1cnnn1C. The molecule has 7 heteroatoms. The Bertz CT molecular complexity index is 623. The third-order valence-corrected chi connectivity index (χ3v) is 3.12. The van der Waals surface area contributed by atoms with E-state index in [0.29, 0.717) is 22.8 Å². The molecule has 0 aliphatic heterocycles. The van der Waals surface area contributed by atoms with Crippen LogP contribution < -0.4 is 5.32 Å². The van der Waals surface area contributed by atoms with Gasteiger partial charge in [0.05, 0.1) is 24.0 Å². The van der Waals surface area contributed by atoms with Crippen molar-refractivity contribution in [3.63, 3.8) is 0 Å². The standard InChI is InChI=1S/C13H16ClN5O/c1-18(2)13(20)11-5-4-9(14)6-12(11)15-7-10-8-16-17-19(10)3/h4-6,8,15H,7H2,1-3H3. The molecule has 1 N–H and O–H groups in total. The van der Waals surface area contributed by atoms with Gasteiger partial charge in [0.25, 0.3) is 5.91 Å². The van der Waals surface area contributed by atoms with Gasteiger partial charge in [-0.3, -0.25) is 9.48 Å². The number of amides is 1. The van der Waals surface area contributed by atoms with Crippen molar-refractivity contribution in [1.29, 1.82) is 0 Å². The normalized spacial score (nSPS) is 10.4. The summed E-state index contributed by atoms with van der Waals surface area (Å²) in [6, 6.07) is 5.16. The van der Waals surface area contributed by atoms with Gasteiger partial charge in [-0.05, 0) is 18.2 Å². The van der Waals surface area contributed by atoms with E-state index in [2.05, 4.69) is 15.6 Å². The number of hydrogen-bond acceptors (Lipinski definition) is 4. The Morgan fingerprint density at radius 2 is 2.20 bits per heavy atom. The van der Waals surface area contributed by atoms with E-state index in [9.17, 15) is 4.79 Å². The third-order valence-electron chi connectivity index (χ3n) is 2.89. The number of aromatic nitrogens is 3. The fraction of sp³-hybridized carbons (Fsp3) is 0.308. The van der Waals surface area contributed by atoms with Gasteiger partial charge >= 0.3 is 0 Å². The van der Waals surface area contributed by atoms with Crippen molar-refractivity contribution in [2.24, 2.45) is 7.05 Å². The second-order valence-corrected chi connectivity index (χ2v) is 5.03. The predicted molar refractivity (Wildman–Crippen MR) is 77.8 cm³/mol. The molecule has 6 nitrogen and oxygen atoms in total. The number of nitrogens with zero attached hydrogens (tertiary/aromatic N) is 4. The molecule has 0 aliphatic carbocycles. The van der Waals surface area contributed by atoms with Crippen LogP contribution >= 0.6 is 11.6 Å². The molecule has 0 saturated carbocycles. The highest BCUT2D eigenvalue weighted by molar-refractivity contribution is 6.31. The van der Waals surface area contributed by atoms with Gasteiger partial charge in [0.1, 0.15) is 0 Å². The van der Waals surface area contributed by atoms with Crippen molar-refractivity contribution < 1.29 is 4.79 Å². The fourth-order valence-electron chi connectivity index (χ4n) is 1.75. The smallest absolute Gasteiger partial charge is 0.255 e. The fourth-order valence-corrected chi connectivity index (χ4v) is 1.92. The maximum Gasteiger partial charge on any atom is 0.255 e. The highest BCUT2D eigenvalue weighted by Crippen LogP contribution is 2.22. The lowest BCUT2D eigenvalue weighted by atomic mass is 10.1. The van der Waals surface area contributed by atoms with E-state index >= 15 is 0 Å². The van der Waals surface area contributed by atoms with Crippen molar-refractivity contribution in [2.45, 2.75) is 6.54 Å². The Morgan fingerprint density at radius 3 is 2.80 bits per heavy atom. The van der Waals surface area contributed by atoms with Crippen LogP contribution in [0.4, 0.5) is 5.69 Å². The third kappa shape index (κ3) is 3.08. The van der Waals surface area contributed by atoms with Gasteiger partial charge in [0, 0.05) is 31.9 Å². The van der Waals surface area contributed by atoms with Gasteiger partial charge in [-0.1, -0.05) is 16.8 Å². The highest BCUT2D eigenvalue weighted by atomic mass is 35.5. The minimum atomic E-state index is -0.0766. The Hall–Kier alpha value is -2.08. The summed E-state index contributed by atoms with van der Waals surface area (Å²) in [5.74, 6) is -0.0766.